The zero-order valence-electron chi connectivity index (χ0n) is 12.8. The summed E-state index contributed by atoms with van der Waals surface area (Å²) in [6, 6.07) is 14.8. The van der Waals surface area contributed by atoms with E-state index in [0.717, 1.165) is 24.2 Å². The third kappa shape index (κ3) is 2.96. The summed E-state index contributed by atoms with van der Waals surface area (Å²) in [6.45, 7) is 5.37. The molecule has 1 unspecified atom stereocenters. The van der Waals surface area contributed by atoms with Crippen LogP contribution in [0.4, 0.5) is 5.69 Å². The molecular formula is C19H23NO. The van der Waals surface area contributed by atoms with Crippen molar-refractivity contribution in [1.82, 2.24) is 0 Å². The highest BCUT2D eigenvalue weighted by Crippen LogP contribution is 2.32. The number of fused-ring (bicyclic) bond motifs is 1. The number of para-hydroxylation sites is 1. The van der Waals surface area contributed by atoms with Crippen LogP contribution in [0, 0.1) is 0 Å². The normalized spacial score (nSPS) is 14.9. The van der Waals surface area contributed by atoms with Crippen molar-refractivity contribution in [3.05, 3.63) is 64.7 Å². The summed E-state index contributed by atoms with van der Waals surface area (Å²) in [5, 5.41) is 14.0. The molecule has 0 saturated carbocycles. The van der Waals surface area contributed by atoms with Crippen LogP contribution >= 0.6 is 0 Å². The molecule has 2 N–H and O–H groups in total. The van der Waals surface area contributed by atoms with Gasteiger partial charge < -0.3 is 10.4 Å². The van der Waals surface area contributed by atoms with Crippen LogP contribution in [0.1, 0.15) is 48.1 Å². The molecule has 3 rings (SSSR count). The lowest BCUT2D eigenvalue weighted by atomic mass is 9.96. The second-order valence-electron chi connectivity index (χ2n) is 6.17. The Morgan fingerprint density at radius 3 is 2.57 bits per heavy atom. The lowest BCUT2D eigenvalue weighted by Crippen LogP contribution is -2.05. The molecule has 2 aromatic carbocycles. The van der Waals surface area contributed by atoms with E-state index < -0.39 is 6.10 Å². The van der Waals surface area contributed by atoms with Crippen LogP contribution < -0.4 is 5.32 Å². The zero-order valence-corrected chi connectivity index (χ0v) is 12.8. The minimum atomic E-state index is -0.449. The van der Waals surface area contributed by atoms with Gasteiger partial charge in [0.25, 0.3) is 0 Å². The molecule has 0 amide bonds. The van der Waals surface area contributed by atoms with E-state index in [1.54, 1.807) is 0 Å². The summed E-state index contributed by atoms with van der Waals surface area (Å²) in [5.41, 5.74) is 6.02. The van der Waals surface area contributed by atoms with Gasteiger partial charge in [-0.25, -0.2) is 0 Å². The fourth-order valence-corrected chi connectivity index (χ4v) is 3.02. The van der Waals surface area contributed by atoms with E-state index in [4.69, 9.17) is 0 Å². The molecule has 2 heteroatoms. The molecule has 1 heterocycles. The number of benzene rings is 2. The highest BCUT2D eigenvalue weighted by Gasteiger charge is 2.19. The van der Waals surface area contributed by atoms with Gasteiger partial charge in [-0.1, -0.05) is 56.3 Å². The Labute approximate surface area is 126 Å². The predicted octanol–water partition coefficient (Wildman–Crippen LogP) is 4.05. The average molecular weight is 281 g/mol. The van der Waals surface area contributed by atoms with Crippen molar-refractivity contribution in [1.29, 1.82) is 0 Å². The van der Waals surface area contributed by atoms with Crippen molar-refractivity contribution in [3.8, 4) is 0 Å². The number of aliphatic hydroxyl groups is 1. The number of anilines is 1. The van der Waals surface area contributed by atoms with E-state index in [2.05, 4.69) is 49.5 Å². The fourth-order valence-electron chi connectivity index (χ4n) is 3.02. The SMILES string of the molecule is CC(C)c1ccc(CC(O)c2cccc3c2NCC3)cc1. The first-order valence-corrected chi connectivity index (χ1v) is 7.77. The molecule has 0 radical (unpaired) electrons. The van der Waals surface area contributed by atoms with Gasteiger partial charge in [0.15, 0.2) is 0 Å². The van der Waals surface area contributed by atoms with Crippen LogP contribution in [0.3, 0.4) is 0 Å². The maximum Gasteiger partial charge on any atom is 0.0850 e. The van der Waals surface area contributed by atoms with Crippen LogP contribution in [0.15, 0.2) is 42.5 Å². The molecule has 0 aromatic heterocycles. The number of hydrogen-bond donors (Lipinski definition) is 2. The van der Waals surface area contributed by atoms with Gasteiger partial charge in [0, 0.05) is 24.2 Å². The van der Waals surface area contributed by atoms with Gasteiger partial charge in [-0.05, 0) is 29.0 Å². The average Bonchev–Trinajstić information content (AvgIpc) is 2.96. The summed E-state index contributed by atoms with van der Waals surface area (Å²) < 4.78 is 0. The van der Waals surface area contributed by atoms with E-state index >= 15 is 0 Å². The Hall–Kier alpha value is -1.80. The van der Waals surface area contributed by atoms with Crippen molar-refractivity contribution < 1.29 is 5.11 Å². The van der Waals surface area contributed by atoms with Gasteiger partial charge in [0.05, 0.1) is 6.10 Å². The smallest absolute Gasteiger partial charge is 0.0850 e. The number of aliphatic hydroxyl groups excluding tert-OH is 1. The maximum atomic E-state index is 10.6. The third-order valence-electron chi connectivity index (χ3n) is 4.31. The van der Waals surface area contributed by atoms with Crippen LogP contribution in [-0.2, 0) is 12.8 Å². The fraction of sp³-hybridized carbons (Fsp3) is 0.368. The topological polar surface area (TPSA) is 32.3 Å². The van der Waals surface area contributed by atoms with Gasteiger partial charge in [-0.3, -0.25) is 0 Å². The standard InChI is InChI=1S/C19H23NO/c1-13(2)15-8-6-14(7-9-15)12-18(21)17-5-3-4-16-10-11-20-19(16)17/h3-9,13,18,20-21H,10-12H2,1-2H3. The number of hydrogen-bond acceptors (Lipinski definition) is 2. The summed E-state index contributed by atoms with van der Waals surface area (Å²) >= 11 is 0. The molecule has 0 spiro atoms. The first-order valence-electron chi connectivity index (χ1n) is 7.77. The highest BCUT2D eigenvalue weighted by molar-refractivity contribution is 5.62. The Balaban J connectivity index is 1.77. The van der Waals surface area contributed by atoms with Crippen molar-refractivity contribution >= 4 is 5.69 Å². The molecule has 0 fully saturated rings. The van der Waals surface area contributed by atoms with Crippen molar-refractivity contribution in [2.45, 2.75) is 38.7 Å². The quantitative estimate of drug-likeness (QED) is 0.886. The largest absolute Gasteiger partial charge is 0.388 e. The summed E-state index contributed by atoms with van der Waals surface area (Å²) in [5.74, 6) is 0.547. The molecule has 0 aliphatic carbocycles. The molecule has 2 nitrogen and oxygen atoms in total. The maximum absolute atomic E-state index is 10.6. The molecule has 2 aromatic rings. The summed E-state index contributed by atoms with van der Waals surface area (Å²) in [7, 11) is 0. The Kier molecular flexibility index (Phi) is 3.98. The van der Waals surface area contributed by atoms with Gasteiger partial charge in [-0.2, -0.15) is 0 Å². The summed E-state index contributed by atoms with van der Waals surface area (Å²) in [6.07, 6.45) is 1.27. The van der Waals surface area contributed by atoms with Crippen molar-refractivity contribution in [2.75, 3.05) is 11.9 Å². The monoisotopic (exact) mass is 281 g/mol. The van der Waals surface area contributed by atoms with Crippen LogP contribution in [0.5, 0.6) is 0 Å². The molecule has 1 aliphatic heterocycles. The first-order chi connectivity index (χ1) is 10.1. The molecule has 0 bridgehead atoms. The zero-order chi connectivity index (χ0) is 14.8. The van der Waals surface area contributed by atoms with E-state index in [9.17, 15) is 5.11 Å². The van der Waals surface area contributed by atoms with E-state index in [1.165, 1.54) is 16.7 Å². The van der Waals surface area contributed by atoms with Gasteiger partial charge in [0.2, 0.25) is 0 Å². The number of rotatable bonds is 4. The van der Waals surface area contributed by atoms with E-state index in [0.29, 0.717) is 12.3 Å². The van der Waals surface area contributed by atoms with Crippen molar-refractivity contribution in [2.24, 2.45) is 0 Å². The molecule has 1 atom stereocenters. The minimum absolute atomic E-state index is 0.449. The van der Waals surface area contributed by atoms with Crippen molar-refractivity contribution in [3.63, 3.8) is 0 Å². The second kappa shape index (κ2) is 5.90. The first kappa shape index (κ1) is 14.2. The Morgan fingerprint density at radius 1 is 1.10 bits per heavy atom. The minimum Gasteiger partial charge on any atom is -0.388 e. The second-order valence-corrected chi connectivity index (χ2v) is 6.17. The van der Waals surface area contributed by atoms with Gasteiger partial charge in [0.1, 0.15) is 0 Å². The molecule has 1 aliphatic rings. The Morgan fingerprint density at radius 2 is 1.86 bits per heavy atom. The van der Waals surface area contributed by atoms with E-state index in [1.807, 2.05) is 12.1 Å². The third-order valence-corrected chi connectivity index (χ3v) is 4.31. The van der Waals surface area contributed by atoms with Crippen LogP contribution in [0.25, 0.3) is 0 Å². The van der Waals surface area contributed by atoms with Gasteiger partial charge in [-0.15, -0.1) is 0 Å². The predicted molar refractivity (Wildman–Crippen MR) is 87.8 cm³/mol. The number of nitrogens with one attached hydrogen (secondary N) is 1. The van der Waals surface area contributed by atoms with Crippen LogP contribution in [-0.4, -0.2) is 11.7 Å². The molecule has 0 saturated heterocycles. The Bertz CT molecular complexity index is 616. The molecule has 110 valence electrons. The summed E-state index contributed by atoms with van der Waals surface area (Å²) in [4.78, 5) is 0. The lowest BCUT2D eigenvalue weighted by molar-refractivity contribution is 0.179. The lowest BCUT2D eigenvalue weighted by Gasteiger charge is -2.16. The molecule has 21 heavy (non-hydrogen) atoms. The molecular weight excluding hydrogens is 258 g/mol. The van der Waals surface area contributed by atoms with E-state index in [-0.39, 0.29) is 0 Å². The van der Waals surface area contributed by atoms with Crippen LogP contribution in [0.2, 0.25) is 0 Å². The highest BCUT2D eigenvalue weighted by atomic mass is 16.3. The van der Waals surface area contributed by atoms with Gasteiger partial charge >= 0.3 is 0 Å².